The minimum Gasteiger partial charge on any atom is -0.366 e. The third-order valence-electron chi connectivity index (χ3n) is 1.12. The van der Waals surface area contributed by atoms with Crippen molar-refractivity contribution in [1.29, 1.82) is 0 Å². The van der Waals surface area contributed by atoms with Gasteiger partial charge in [0.15, 0.2) is 5.50 Å². The van der Waals surface area contributed by atoms with Crippen LogP contribution in [-0.4, -0.2) is 10.4 Å². The summed E-state index contributed by atoms with van der Waals surface area (Å²) in [6.07, 6.45) is 2.93. The second-order valence-electron chi connectivity index (χ2n) is 1.88. The van der Waals surface area contributed by atoms with Crippen molar-refractivity contribution in [2.75, 3.05) is 0 Å². The summed E-state index contributed by atoms with van der Waals surface area (Å²) in [5, 5.41) is 12.9. The van der Waals surface area contributed by atoms with Gasteiger partial charge in [-0.05, 0) is 15.9 Å². The van der Waals surface area contributed by atoms with Gasteiger partial charge in [0.1, 0.15) is 0 Å². The molecule has 0 amide bonds. The molecule has 0 spiro atoms. The van der Waals surface area contributed by atoms with Gasteiger partial charge in [0.25, 0.3) is 5.70 Å². The molecule has 0 bridgehead atoms. The molecule has 0 aliphatic carbocycles. The lowest BCUT2D eigenvalue weighted by molar-refractivity contribution is -0.427. The van der Waals surface area contributed by atoms with Crippen molar-refractivity contribution in [1.82, 2.24) is 5.32 Å². The molecule has 0 saturated heterocycles. The van der Waals surface area contributed by atoms with Gasteiger partial charge in [0, 0.05) is 16.8 Å². The Bertz CT molecular complexity index is 251. The van der Waals surface area contributed by atoms with Crippen LogP contribution in [0, 0.1) is 10.1 Å². The van der Waals surface area contributed by atoms with E-state index in [0.717, 1.165) is 0 Å². The number of dihydropyridines is 1. The van der Waals surface area contributed by atoms with E-state index in [0.29, 0.717) is 4.48 Å². The van der Waals surface area contributed by atoms with Crippen molar-refractivity contribution in [2.45, 2.75) is 5.50 Å². The van der Waals surface area contributed by atoms with Crippen LogP contribution in [0.25, 0.3) is 0 Å². The highest BCUT2D eigenvalue weighted by molar-refractivity contribution is 9.11. The number of allylic oxidation sites excluding steroid dienone is 2. The predicted molar refractivity (Wildman–Crippen MR) is 44.9 cm³/mol. The minimum atomic E-state index is -0.744. The minimum absolute atomic E-state index is 0.0546. The molecular weight excluding hydrogens is 235 g/mol. The maximum Gasteiger partial charge on any atom is 0.284 e. The van der Waals surface area contributed by atoms with Gasteiger partial charge in [-0.25, -0.2) is 0 Å². The van der Waals surface area contributed by atoms with Crippen LogP contribution in [-0.2, 0) is 0 Å². The van der Waals surface area contributed by atoms with Crippen LogP contribution in [0.5, 0.6) is 0 Å². The summed E-state index contributed by atoms with van der Waals surface area (Å²) < 4.78 is 0.612. The van der Waals surface area contributed by atoms with Crippen LogP contribution < -0.4 is 5.32 Å². The number of halogens is 2. The summed E-state index contributed by atoms with van der Waals surface area (Å²) in [5.41, 5.74) is -0.799. The molecule has 4 nitrogen and oxygen atoms in total. The normalized spacial score (nSPS) is 23.3. The summed E-state index contributed by atoms with van der Waals surface area (Å²) >= 11 is 8.64. The standard InChI is InChI=1S/C5H4BrClN2O2/c6-3-1-4(9(10)11)5(7)8-2-3/h1-2,5,8H. The lowest BCUT2D eigenvalue weighted by Gasteiger charge is -2.11. The number of nitrogens with one attached hydrogen (secondary N) is 1. The fourth-order valence-electron chi connectivity index (χ4n) is 0.640. The summed E-state index contributed by atoms with van der Waals surface area (Å²) in [5.74, 6) is 0. The third kappa shape index (κ3) is 1.94. The molecule has 1 aliphatic heterocycles. The van der Waals surface area contributed by atoms with Crippen molar-refractivity contribution in [3.8, 4) is 0 Å². The summed E-state index contributed by atoms with van der Waals surface area (Å²) in [7, 11) is 0. The van der Waals surface area contributed by atoms with Crippen LogP contribution >= 0.6 is 27.5 Å². The van der Waals surface area contributed by atoms with Gasteiger partial charge in [0.05, 0.1) is 4.92 Å². The van der Waals surface area contributed by atoms with Gasteiger partial charge in [-0.3, -0.25) is 10.1 Å². The Morgan fingerprint density at radius 3 is 2.91 bits per heavy atom. The quantitative estimate of drug-likeness (QED) is 0.327. The molecule has 0 saturated carbocycles. The number of alkyl halides is 1. The molecule has 1 unspecified atom stereocenters. The maximum absolute atomic E-state index is 10.3. The molecule has 1 heterocycles. The summed E-state index contributed by atoms with van der Waals surface area (Å²) in [4.78, 5) is 9.76. The lowest BCUT2D eigenvalue weighted by atomic mass is 10.3. The van der Waals surface area contributed by atoms with Crippen LogP contribution in [0.4, 0.5) is 0 Å². The van der Waals surface area contributed by atoms with E-state index in [1.54, 1.807) is 6.20 Å². The molecule has 1 rings (SSSR count). The highest BCUT2D eigenvalue weighted by Crippen LogP contribution is 2.19. The number of hydrogen-bond acceptors (Lipinski definition) is 3. The molecule has 0 radical (unpaired) electrons. The monoisotopic (exact) mass is 238 g/mol. The van der Waals surface area contributed by atoms with Gasteiger partial charge >= 0.3 is 0 Å². The first kappa shape index (κ1) is 8.55. The van der Waals surface area contributed by atoms with Gasteiger partial charge in [0.2, 0.25) is 0 Å². The zero-order chi connectivity index (χ0) is 8.43. The van der Waals surface area contributed by atoms with Gasteiger partial charge in [-0.2, -0.15) is 0 Å². The third-order valence-corrected chi connectivity index (χ3v) is 1.93. The molecule has 11 heavy (non-hydrogen) atoms. The summed E-state index contributed by atoms with van der Waals surface area (Å²) in [6.45, 7) is 0. The molecular formula is C5H4BrClN2O2. The predicted octanol–water partition coefficient (Wildman–Crippen LogP) is 1.55. The van der Waals surface area contributed by atoms with E-state index in [1.165, 1.54) is 6.08 Å². The average molecular weight is 239 g/mol. The zero-order valence-corrected chi connectivity index (χ0v) is 7.59. The second-order valence-corrected chi connectivity index (χ2v) is 3.24. The van der Waals surface area contributed by atoms with Crippen LogP contribution in [0.2, 0.25) is 0 Å². The molecule has 1 N–H and O–H groups in total. The van der Waals surface area contributed by atoms with Crippen LogP contribution in [0.3, 0.4) is 0 Å². The van der Waals surface area contributed by atoms with Crippen molar-refractivity contribution >= 4 is 27.5 Å². The summed E-state index contributed by atoms with van der Waals surface area (Å²) in [6, 6.07) is 0. The lowest BCUT2D eigenvalue weighted by Crippen LogP contribution is -2.27. The van der Waals surface area contributed by atoms with Crippen molar-refractivity contribution in [2.24, 2.45) is 0 Å². The molecule has 1 aliphatic rings. The molecule has 6 heteroatoms. The number of rotatable bonds is 1. The topological polar surface area (TPSA) is 55.2 Å². The van der Waals surface area contributed by atoms with E-state index in [1.807, 2.05) is 0 Å². The Labute approximate surface area is 76.2 Å². The van der Waals surface area contributed by atoms with E-state index in [9.17, 15) is 10.1 Å². The zero-order valence-electron chi connectivity index (χ0n) is 5.25. The van der Waals surface area contributed by atoms with E-state index >= 15 is 0 Å². The van der Waals surface area contributed by atoms with E-state index in [2.05, 4.69) is 21.2 Å². The first-order valence-corrected chi connectivity index (χ1v) is 3.96. The highest BCUT2D eigenvalue weighted by atomic mass is 79.9. The first-order valence-electron chi connectivity index (χ1n) is 2.73. The van der Waals surface area contributed by atoms with Crippen LogP contribution in [0.1, 0.15) is 0 Å². The molecule has 0 aromatic heterocycles. The van der Waals surface area contributed by atoms with Gasteiger partial charge < -0.3 is 5.32 Å². The van der Waals surface area contributed by atoms with Crippen molar-refractivity contribution < 1.29 is 4.92 Å². The van der Waals surface area contributed by atoms with Crippen molar-refractivity contribution in [3.63, 3.8) is 0 Å². The number of nitro groups is 1. The van der Waals surface area contributed by atoms with Gasteiger partial charge in [-0.1, -0.05) is 11.6 Å². The Kier molecular flexibility index (Phi) is 2.51. The highest BCUT2D eigenvalue weighted by Gasteiger charge is 2.24. The van der Waals surface area contributed by atoms with E-state index in [4.69, 9.17) is 11.6 Å². The first-order chi connectivity index (χ1) is 5.11. The van der Waals surface area contributed by atoms with Gasteiger partial charge in [-0.15, -0.1) is 0 Å². The molecule has 0 aromatic rings. The Hall–Kier alpha value is -0.550. The van der Waals surface area contributed by atoms with Crippen LogP contribution in [0.15, 0.2) is 22.5 Å². The molecule has 0 fully saturated rings. The second kappa shape index (κ2) is 3.23. The molecule has 1 atom stereocenters. The SMILES string of the molecule is O=[N+]([O-])C1=CC(Br)=CNC1Cl. The Balaban J connectivity index is 2.90. The van der Waals surface area contributed by atoms with Crippen molar-refractivity contribution in [3.05, 3.63) is 32.6 Å². The van der Waals surface area contributed by atoms with E-state index in [-0.39, 0.29) is 5.70 Å². The molecule has 60 valence electrons. The fourth-order valence-corrected chi connectivity index (χ4v) is 1.21. The fraction of sp³-hybridized carbons (Fsp3) is 0.200. The number of hydrogen-bond donors (Lipinski definition) is 1. The Morgan fingerprint density at radius 2 is 2.45 bits per heavy atom. The average Bonchev–Trinajstić information content (AvgIpc) is 1.94. The molecule has 0 aromatic carbocycles. The maximum atomic E-state index is 10.3. The smallest absolute Gasteiger partial charge is 0.284 e. The number of nitrogens with zero attached hydrogens (tertiary/aromatic N) is 1. The largest absolute Gasteiger partial charge is 0.366 e. The Morgan fingerprint density at radius 1 is 1.82 bits per heavy atom. The van der Waals surface area contributed by atoms with E-state index < -0.39 is 10.4 Å².